The molecule has 0 spiro atoms. The predicted molar refractivity (Wildman–Crippen MR) is 78.1 cm³/mol. The van der Waals surface area contributed by atoms with Crippen molar-refractivity contribution in [1.29, 1.82) is 5.26 Å². The second-order valence-electron chi connectivity index (χ2n) is 4.29. The van der Waals surface area contributed by atoms with E-state index in [1.54, 1.807) is 19.1 Å². The lowest BCUT2D eigenvalue weighted by atomic mass is 10.1. The molecule has 0 aromatic heterocycles. The van der Waals surface area contributed by atoms with Gasteiger partial charge in [-0.15, -0.1) is 0 Å². The number of anilines is 1. The molecule has 0 heterocycles. The Kier molecular flexibility index (Phi) is 4.16. The van der Waals surface area contributed by atoms with Crippen LogP contribution in [-0.2, 0) is 10.0 Å². The molecule has 0 unspecified atom stereocenters. The highest BCUT2D eigenvalue weighted by Crippen LogP contribution is 2.26. The highest BCUT2D eigenvalue weighted by Gasteiger charge is 2.20. The molecule has 2 rings (SSSR count). The molecule has 0 saturated heterocycles. The molecule has 2 aromatic carbocycles. The average Bonchev–Trinajstić information content (AvgIpc) is 2.41. The maximum absolute atomic E-state index is 13.2. The molecule has 0 bridgehead atoms. The predicted octanol–water partition coefficient (Wildman–Crippen LogP) is 3.46. The fourth-order valence-corrected chi connectivity index (χ4v) is 3.37. The molecule has 0 fully saturated rings. The normalized spacial score (nSPS) is 11.0. The summed E-state index contributed by atoms with van der Waals surface area (Å²) in [7, 11) is -4.09. The number of hydrogen-bond donors (Lipinski definition) is 1. The van der Waals surface area contributed by atoms with E-state index >= 15 is 0 Å². The molecule has 2 aromatic rings. The smallest absolute Gasteiger partial charge is 0.263 e. The van der Waals surface area contributed by atoms with Crippen LogP contribution in [0.2, 0.25) is 5.02 Å². The zero-order chi connectivity index (χ0) is 15.6. The van der Waals surface area contributed by atoms with Crippen molar-refractivity contribution in [3.05, 3.63) is 58.4 Å². The van der Waals surface area contributed by atoms with Crippen LogP contribution in [0.15, 0.2) is 41.3 Å². The van der Waals surface area contributed by atoms with Crippen molar-refractivity contribution in [3.63, 3.8) is 0 Å². The first-order valence-electron chi connectivity index (χ1n) is 5.83. The Bertz CT molecular complexity index is 845. The summed E-state index contributed by atoms with van der Waals surface area (Å²) in [6.45, 7) is 1.69. The molecule has 0 aliphatic heterocycles. The lowest BCUT2D eigenvalue weighted by Gasteiger charge is -2.11. The van der Waals surface area contributed by atoms with Gasteiger partial charge in [-0.2, -0.15) is 5.26 Å². The number of nitrogens with one attached hydrogen (secondary N) is 1. The van der Waals surface area contributed by atoms with Crippen LogP contribution in [0.5, 0.6) is 0 Å². The maximum atomic E-state index is 13.2. The van der Waals surface area contributed by atoms with Crippen molar-refractivity contribution in [3.8, 4) is 6.07 Å². The summed E-state index contributed by atoms with van der Waals surface area (Å²) in [4.78, 5) is -0.380. The fraction of sp³-hybridized carbons (Fsp3) is 0.0714. The molecule has 0 radical (unpaired) electrons. The van der Waals surface area contributed by atoms with Crippen molar-refractivity contribution in [2.75, 3.05) is 4.72 Å². The van der Waals surface area contributed by atoms with Gasteiger partial charge in [0.2, 0.25) is 0 Å². The minimum Gasteiger partial charge on any atom is -0.278 e. The average molecular weight is 325 g/mol. The number of nitrogens with zero attached hydrogens (tertiary/aromatic N) is 1. The summed E-state index contributed by atoms with van der Waals surface area (Å²) in [6.07, 6.45) is 0. The van der Waals surface area contributed by atoms with Crippen molar-refractivity contribution < 1.29 is 12.8 Å². The zero-order valence-electron chi connectivity index (χ0n) is 10.9. The van der Waals surface area contributed by atoms with Crippen LogP contribution >= 0.6 is 11.6 Å². The lowest BCUT2D eigenvalue weighted by Crippen LogP contribution is -2.15. The maximum Gasteiger partial charge on any atom is 0.263 e. The van der Waals surface area contributed by atoms with Gasteiger partial charge in [0.1, 0.15) is 16.8 Å². The van der Waals surface area contributed by atoms with Gasteiger partial charge in [-0.25, -0.2) is 12.8 Å². The third-order valence-corrected chi connectivity index (χ3v) is 4.66. The first-order chi connectivity index (χ1) is 9.85. The quantitative estimate of drug-likeness (QED) is 0.940. The molecule has 0 aliphatic carbocycles. The van der Waals surface area contributed by atoms with Gasteiger partial charge in [0.25, 0.3) is 10.0 Å². The van der Waals surface area contributed by atoms with Crippen LogP contribution in [0.3, 0.4) is 0 Å². The number of hydrogen-bond acceptors (Lipinski definition) is 3. The van der Waals surface area contributed by atoms with Crippen LogP contribution in [0.4, 0.5) is 10.1 Å². The zero-order valence-corrected chi connectivity index (χ0v) is 12.5. The van der Waals surface area contributed by atoms with Gasteiger partial charge < -0.3 is 0 Å². The lowest BCUT2D eigenvalue weighted by molar-refractivity contribution is 0.595. The largest absolute Gasteiger partial charge is 0.278 e. The molecular weight excluding hydrogens is 315 g/mol. The first kappa shape index (κ1) is 15.3. The summed E-state index contributed by atoms with van der Waals surface area (Å²) < 4.78 is 40.0. The minimum atomic E-state index is -4.09. The van der Waals surface area contributed by atoms with Crippen molar-refractivity contribution in [1.82, 2.24) is 0 Å². The van der Waals surface area contributed by atoms with Crippen molar-refractivity contribution in [2.45, 2.75) is 11.8 Å². The second-order valence-corrected chi connectivity index (χ2v) is 6.35. The number of aryl methyl sites for hydroxylation is 1. The highest BCUT2D eigenvalue weighted by atomic mass is 35.5. The van der Waals surface area contributed by atoms with Crippen molar-refractivity contribution >= 4 is 27.3 Å². The van der Waals surface area contributed by atoms with E-state index in [1.165, 1.54) is 6.07 Å². The Hall–Kier alpha value is -2.10. The van der Waals surface area contributed by atoms with Crippen LogP contribution in [0, 0.1) is 24.1 Å². The van der Waals surface area contributed by atoms with Crippen LogP contribution in [0.1, 0.15) is 11.1 Å². The SMILES string of the molecule is Cc1cccc(NS(=O)(=O)c2cc(F)ccc2Cl)c1C#N. The Labute approximate surface area is 126 Å². The first-order valence-corrected chi connectivity index (χ1v) is 7.69. The second kappa shape index (κ2) is 5.72. The molecule has 21 heavy (non-hydrogen) atoms. The van der Waals surface area contributed by atoms with E-state index in [-0.39, 0.29) is 21.2 Å². The standard InChI is InChI=1S/C14H10ClFN2O2S/c1-9-3-2-4-13(11(9)8-17)18-21(19,20)14-7-10(16)5-6-12(14)15/h2-7,18H,1H3. The fourth-order valence-electron chi connectivity index (χ4n) is 1.78. The van der Waals surface area contributed by atoms with Crippen LogP contribution < -0.4 is 4.72 Å². The van der Waals surface area contributed by atoms with E-state index in [4.69, 9.17) is 16.9 Å². The minimum absolute atomic E-state index is 0.102. The molecule has 0 atom stereocenters. The van der Waals surface area contributed by atoms with Gasteiger partial charge in [-0.3, -0.25) is 4.72 Å². The molecule has 7 heteroatoms. The Balaban J connectivity index is 2.51. The third-order valence-electron chi connectivity index (χ3n) is 2.81. The van der Waals surface area contributed by atoms with E-state index in [0.29, 0.717) is 5.56 Å². The molecule has 0 amide bonds. The summed E-state index contributed by atoms with van der Waals surface area (Å²) >= 11 is 5.80. The van der Waals surface area contributed by atoms with Crippen LogP contribution in [-0.4, -0.2) is 8.42 Å². The molecule has 1 N–H and O–H groups in total. The molecule has 108 valence electrons. The van der Waals surface area contributed by atoms with E-state index in [9.17, 15) is 12.8 Å². The summed E-state index contributed by atoms with van der Waals surface area (Å²) in [5.41, 5.74) is 0.953. The molecular formula is C14H10ClFN2O2S. The van der Waals surface area contributed by atoms with Gasteiger partial charge in [-0.1, -0.05) is 23.7 Å². The number of benzene rings is 2. The van der Waals surface area contributed by atoms with E-state index in [0.717, 1.165) is 18.2 Å². The summed E-state index contributed by atoms with van der Waals surface area (Å²) in [5, 5.41) is 8.99. The van der Waals surface area contributed by atoms with Gasteiger partial charge >= 0.3 is 0 Å². The van der Waals surface area contributed by atoms with Gasteiger partial charge in [0, 0.05) is 0 Å². The highest BCUT2D eigenvalue weighted by molar-refractivity contribution is 7.92. The number of sulfonamides is 1. The van der Waals surface area contributed by atoms with E-state index < -0.39 is 15.8 Å². The number of rotatable bonds is 3. The van der Waals surface area contributed by atoms with Gasteiger partial charge in [0.15, 0.2) is 0 Å². The summed E-state index contributed by atoms with van der Waals surface area (Å²) in [6, 6.07) is 9.73. The third kappa shape index (κ3) is 3.15. The van der Waals surface area contributed by atoms with E-state index in [2.05, 4.69) is 4.72 Å². The van der Waals surface area contributed by atoms with Crippen molar-refractivity contribution in [2.24, 2.45) is 0 Å². The topological polar surface area (TPSA) is 70.0 Å². The molecule has 0 aliphatic rings. The number of halogens is 2. The Morgan fingerprint density at radius 2 is 2.00 bits per heavy atom. The Morgan fingerprint density at radius 3 is 2.67 bits per heavy atom. The number of nitriles is 1. The van der Waals surface area contributed by atoms with Gasteiger partial charge in [-0.05, 0) is 36.8 Å². The monoisotopic (exact) mass is 324 g/mol. The Morgan fingerprint density at radius 1 is 1.29 bits per heavy atom. The molecule has 4 nitrogen and oxygen atoms in total. The van der Waals surface area contributed by atoms with Crippen LogP contribution in [0.25, 0.3) is 0 Å². The summed E-state index contributed by atoms with van der Waals surface area (Å²) in [5.74, 6) is -0.718. The van der Waals surface area contributed by atoms with E-state index in [1.807, 2.05) is 6.07 Å². The van der Waals surface area contributed by atoms with Gasteiger partial charge in [0.05, 0.1) is 16.3 Å². The molecule has 0 saturated carbocycles.